The van der Waals surface area contributed by atoms with Crippen molar-refractivity contribution in [2.45, 2.75) is 59.9 Å². The number of hydrogen-bond donors (Lipinski definition) is 0. The maximum Gasteiger partial charge on any atom is 0.227 e. The van der Waals surface area contributed by atoms with Crippen molar-refractivity contribution in [2.75, 3.05) is 26.3 Å². The Morgan fingerprint density at radius 1 is 1.20 bits per heavy atom. The Hall–Kier alpha value is -1.62. The number of rotatable bonds is 3. The largest absolute Gasteiger partial charge is 0.378 e. The van der Waals surface area contributed by atoms with Crippen LogP contribution in [-0.4, -0.2) is 47.5 Å². The van der Waals surface area contributed by atoms with E-state index in [1.807, 2.05) is 4.90 Å². The topological polar surface area (TPSA) is 51.5 Å². The summed E-state index contributed by atoms with van der Waals surface area (Å²) in [6, 6.07) is 0.280. The normalized spacial score (nSPS) is 20.1. The fraction of sp³-hybridized carbons (Fsp3) is 0.700. The summed E-state index contributed by atoms with van der Waals surface area (Å²) in [7, 11) is 0. The molecule has 1 fully saturated rings. The summed E-state index contributed by atoms with van der Waals surface area (Å²) in [6.45, 7) is 13.1. The summed E-state index contributed by atoms with van der Waals surface area (Å²) in [6.07, 6.45) is 1.76. The Bertz CT molecular complexity index is 694. The van der Waals surface area contributed by atoms with E-state index < -0.39 is 0 Å². The molecule has 0 bridgehead atoms. The first kappa shape index (κ1) is 18.2. The molecule has 0 unspecified atom stereocenters. The number of amides is 1. The van der Waals surface area contributed by atoms with E-state index in [1.54, 1.807) is 0 Å². The van der Waals surface area contributed by atoms with Gasteiger partial charge in [-0.25, -0.2) is 0 Å². The fourth-order valence-corrected chi connectivity index (χ4v) is 4.36. The van der Waals surface area contributed by atoms with Gasteiger partial charge in [-0.2, -0.15) is 0 Å². The van der Waals surface area contributed by atoms with Crippen molar-refractivity contribution in [3.8, 4) is 0 Å². The average molecular weight is 346 g/mol. The second-order valence-corrected chi connectivity index (χ2v) is 8.46. The maximum absolute atomic E-state index is 12.9. The summed E-state index contributed by atoms with van der Waals surface area (Å²) in [5.41, 5.74) is 3.95. The van der Waals surface area contributed by atoms with Crippen molar-refractivity contribution >= 4 is 11.7 Å². The molecule has 25 heavy (non-hydrogen) atoms. The SMILES string of the molecule is Cc1c(CC(=O)N2CCOCC2)c2c(n1C(C)C)CC(C)(C)CC2=O. The van der Waals surface area contributed by atoms with Gasteiger partial charge < -0.3 is 14.2 Å². The lowest BCUT2D eigenvalue weighted by molar-refractivity contribution is -0.134. The predicted octanol–water partition coefficient (Wildman–Crippen LogP) is 2.93. The molecular formula is C20H30N2O3. The van der Waals surface area contributed by atoms with Gasteiger partial charge in [0.1, 0.15) is 0 Å². The molecule has 2 aliphatic rings. The second-order valence-electron chi connectivity index (χ2n) is 8.46. The molecular weight excluding hydrogens is 316 g/mol. The van der Waals surface area contributed by atoms with Crippen molar-refractivity contribution in [3.63, 3.8) is 0 Å². The molecule has 1 aliphatic carbocycles. The Balaban J connectivity index is 1.99. The highest BCUT2D eigenvalue weighted by Crippen LogP contribution is 2.40. The van der Waals surface area contributed by atoms with Gasteiger partial charge in [-0.05, 0) is 38.2 Å². The van der Waals surface area contributed by atoms with Gasteiger partial charge in [-0.1, -0.05) is 13.8 Å². The van der Waals surface area contributed by atoms with Crippen LogP contribution < -0.4 is 0 Å². The van der Waals surface area contributed by atoms with Crippen LogP contribution in [0.25, 0.3) is 0 Å². The van der Waals surface area contributed by atoms with Crippen LogP contribution in [0.15, 0.2) is 0 Å². The monoisotopic (exact) mass is 346 g/mol. The summed E-state index contributed by atoms with van der Waals surface area (Å²) < 4.78 is 7.61. The molecule has 138 valence electrons. The van der Waals surface area contributed by atoms with Gasteiger partial charge in [0.05, 0.1) is 19.6 Å². The highest BCUT2D eigenvalue weighted by atomic mass is 16.5. The Morgan fingerprint density at radius 2 is 1.84 bits per heavy atom. The second kappa shape index (κ2) is 6.60. The van der Waals surface area contributed by atoms with E-state index in [2.05, 4.69) is 39.2 Å². The van der Waals surface area contributed by atoms with Crippen LogP contribution in [0.4, 0.5) is 0 Å². The Morgan fingerprint density at radius 3 is 2.44 bits per heavy atom. The van der Waals surface area contributed by atoms with Crippen molar-refractivity contribution < 1.29 is 14.3 Å². The molecule has 1 saturated heterocycles. The van der Waals surface area contributed by atoms with Crippen molar-refractivity contribution in [1.29, 1.82) is 0 Å². The van der Waals surface area contributed by atoms with E-state index in [4.69, 9.17) is 4.74 Å². The lowest BCUT2D eigenvalue weighted by atomic mass is 9.75. The molecule has 2 heterocycles. The van der Waals surface area contributed by atoms with Crippen molar-refractivity contribution in [3.05, 3.63) is 22.5 Å². The van der Waals surface area contributed by atoms with Crippen LogP contribution in [-0.2, 0) is 22.4 Å². The number of ketones is 1. The van der Waals surface area contributed by atoms with E-state index >= 15 is 0 Å². The number of Topliss-reactive ketones (excluding diaryl/α,β-unsaturated/α-hetero) is 1. The van der Waals surface area contributed by atoms with E-state index in [9.17, 15) is 9.59 Å². The molecule has 0 saturated carbocycles. The number of carbonyl (C=O) groups is 2. The van der Waals surface area contributed by atoms with Crippen LogP contribution in [0.5, 0.6) is 0 Å². The standard InChI is InChI=1S/C20H30N2O3/c1-13(2)22-14(3)15(10-18(24)21-6-8-25-9-7-21)19-16(22)11-20(4,5)12-17(19)23/h13H,6-12H2,1-5H3. The number of nitrogens with zero attached hydrogens (tertiary/aromatic N) is 2. The summed E-state index contributed by atoms with van der Waals surface area (Å²) in [4.78, 5) is 27.5. The zero-order valence-electron chi connectivity index (χ0n) is 16.1. The van der Waals surface area contributed by atoms with Crippen molar-refractivity contribution in [2.24, 2.45) is 5.41 Å². The van der Waals surface area contributed by atoms with Gasteiger partial charge in [-0.15, -0.1) is 0 Å². The summed E-state index contributed by atoms with van der Waals surface area (Å²) in [5, 5.41) is 0. The molecule has 5 nitrogen and oxygen atoms in total. The average Bonchev–Trinajstić information content (AvgIpc) is 2.79. The molecule has 5 heteroatoms. The van der Waals surface area contributed by atoms with Gasteiger partial charge in [-0.3, -0.25) is 9.59 Å². The third kappa shape index (κ3) is 3.39. The molecule has 3 rings (SSSR count). The number of ether oxygens (including phenoxy) is 1. The molecule has 0 spiro atoms. The van der Waals surface area contributed by atoms with Crippen LogP contribution in [0.2, 0.25) is 0 Å². The lowest BCUT2D eigenvalue weighted by Crippen LogP contribution is -2.41. The number of morpholine rings is 1. The molecule has 0 radical (unpaired) electrons. The van der Waals surface area contributed by atoms with Crippen LogP contribution in [0.1, 0.15) is 67.5 Å². The van der Waals surface area contributed by atoms with Crippen molar-refractivity contribution in [1.82, 2.24) is 9.47 Å². The Kier molecular flexibility index (Phi) is 4.80. The molecule has 1 aliphatic heterocycles. The number of hydrogen-bond acceptors (Lipinski definition) is 3. The minimum absolute atomic E-state index is 0.0208. The predicted molar refractivity (Wildman–Crippen MR) is 97.1 cm³/mol. The molecule has 0 N–H and O–H groups in total. The van der Waals surface area contributed by atoms with Crippen LogP contribution in [0, 0.1) is 12.3 Å². The van der Waals surface area contributed by atoms with Gasteiger partial charge in [0.15, 0.2) is 5.78 Å². The third-order valence-corrected chi connectivity index (χ3v) is 5.45. The van der Waals surface area contributed by atoms with E-state index in [1.165, 1.54) is 0 Å². The van der Waals surface area contributed by atoms with Crippen LogP contribution in [0.3, 0.4) is 0 Å². The van der Waals surface area contributed by atoms with Gasteiger partial charge >= 0.3 is 0 Å². The molecule has 1 aromatic rings. The van der Waals surface area contributed by atoms with E-state index in [-0.39, 0.29) is 23.1 Å². The molecule has 1 aromatic heterocycles. The molecule has 0 aromatic carbocycles. The lowest BCUT2D eigenvalue weighted by Gasteiger charge is -2.31. The number of aromatic nitrogens is 1. The van der Waals surface area contributed by atoms with Gasteiger partial charge in [0.2, 0.25) is 5.91 Å². The highest BCUT2D eigenvalue weighted by Gasteiger charge is 2.37. The zero-order valence-corrected chi connectivity index (χ0v) is 16.1. The quantitative estimate of drug-likeness (QED) is 0.845. The van der Waals surface area contributed by atoms with E-state index in [0.717, 1.165) is 28.9 Å². The fourth-order valence-electron chi connectivity index (χ4n) is 4.36. The molecule has 0 atom stereocenters. The van der Waals surface area contributed by atoms with Gasteiger partial charge in [0, 0.05) is 42.5 Å². The van der Waals surface area contributed by atoms with E-state index in [0.29, 0.717) is 39.1 Å². The summed E-state index contributed by atoms with van der Waals surface area (Å²) in [5.74, 6) is 0.297. The summed E-state index contributed by atoms with van der Waals surface area (Å²) >= 11 is 0. The first-order chi connectivity index (χ1) is 11.7. The highest BCUT2D eigenvalue weighted by molar-refractivity contribution is 6.01. The first-order valence-corrected chi connectivity index (χ1v) is 9.32. The smallest absolute Gasteiger partial charge is 0.227 e. The minimum Gasteiger partial charge on any atom is -0.378 e. The number of carbonyl (C=O) groups excluding carboxylic acids is 2. The Labute approximate surface area is 150 Å². The zero-order chi connectivity index (χ0) is 18.4. The first-order valence-electron chi connectivity index (χ1n) is 9.32. The van der Waals surface area contributed by atoms with Gasteiger partial charge in [0.25, 0.3) is 0 Å². The maximum atomic E-state index is 12.9. The number of fused-ring (bicyclic) bond motifs is 1. The molecule has 1 amide bonds. The third-order valence-electron chi connectivity index (χ3n) is 5.45. The minimum atomic E-state index is -0.0208. The van der Waals surface area contributed by atoms with Crippen LogP contribution >= 0.6 is 0 Å².